The van der Waals surface area contributed by atoms with Crippen LogP contribution < -0.4 is 5.32 Å². The summed E-state index contributed by atoms with van der Waals surface area (Å²) in [6.07, 6.45) is -4.36. The molecule has 0 aliphatic rings. The molecule has 0 radical (unpaired) electrons. The average molecular weight is 387 g/mol. The summed E-state index contributed by atoms with van der Waals surface area (Å²) in [7, 11) is 0. The molecule has 2 rings (SSSR count). The fraction of sp³-hybridized carbons (Fsp3) is 0.562. The Labute approximate surface area is 152 Å². The number of hydrogen-bond donors (Lipinski definition) is 2. The summed E-state index contributed by atoms with van der Waals surface area (Å²) in [6, 6.07) is 0. The molecule has 148 valence electrons. The highest BCUT2D eigenvalue weighted by atomic mass is 19.4. The Morgan fingerprint density at radius 2 is 1.93 bits per heavy atom. The van der Waals surface area contributed by atoms with Crippen molar-refractivity contribution in [1.82, 2.24) is 24.9 Å². The number of carbonyl (C=O) groups is 2. The lowest BCUT2D eigenvalue weighted by molar-refractivity contribution is -0.144. The Bertz CT molecular complexity index is 863. The third-order valence-electron chi connectivity index (χ3n) is 4.08. The van der Waals surface area contributed by atoms with Gasteiger partial charge in [0, 0.05) is 30.8 Å². The lowest BCUT2D eigenvalue weighted by Crippen LogP contribution is -2.29. The van der Waals surface area contributed by atoms with Crippen molar-refractivity contribution in [2.75, 3.05) is 6.54 Å². The highest BCUT2D eigenvalue weighted by molar-refractivity contribution is 5.76. The van der Waals surface area contributed by atoms with E-state index < -0.39 is 18.0 Å². The molecule has 0 saturated heterocycles. The number of aryl methyl sites for hydroxylation is 2. The van der Waals surface area contributed by atoms with Crippen molar-refractivity contribution in [3.8, 4) is 0 Å². The molecule has 8 nitrogen and oxygen atoms in total. The molecule has 0 aliphatic heterocycles. The summed E-state index contributed by atoms with van der Waals surface area (Å²) in [5.41, 5.74) is 1.54. The maximum atomic E-state index is 12.8. The highest BCUT2D eigenvalue weighted by Gasteiger charge is 2.36. The lowest BCUT2D eigenvalue weighted by atomic mass is 10.1. The quantitative estimate of drug-likeness (QED) is 0.751. The monoisotopic (exact) mass is 387 g/mol. The van der Waals surface area contributed by atoms with Gasteiger partial charge in [-0.25, -0.2) is 9.50 Å². The van der Waals surface area contributed by atoms with Crippen LogP contribution in [0.4, 0.5) is 13.2 Å². The first-order valence-corrected chi connectivity index (χ1v) is 8.27. The number of halogens is 3. The summed E-state index contributed by atoms with van der Waals surface area (Å²) in [5.74, 6) is -2.83. The molecule has 0 aliphatic carbocycles. The standard InChI is InChI=1S/C16H20F3N5O3/c1-8(6-13(26)27)7-20-12(25)5-4-11-9(2)21-15-22-14(16(17,18)19)23-24(15)10(11)3/h8H,4-7H2,1-3H3,(H,20,25)(H,26,27). The summed E-state index contributed by atoms with van der Waals surface area (Å²) < 4.78 is 39.4. The van der Waals surface area contributed by atoms with Crippen LogP contribution in [0.5, 0.6) is 0 Å². The molecule has 1 amide bonds. The average Bonchev–Trinajstić information content (AvgIpc) is 2.96. The van der Waals surface area contributed by atoms with Gasteiger partial charge in [0.15, 0.2) is 0 Å². The maximum Gasteiger partial charge on any atom is 0.453 e. The van der Waals surface area contributed by atoms with Crippen LogP contribution >= 0.6 is 0 Å². The lowest BCUT2D eigenvalue weighted by Gasteiger charge is -2.12. The largest absolute Gasteiger partial charge is 0.481 e. The minimum Gasteiger partial charge on any atom is -0.481 e. The van der Waals surface area contributed by atoms with Crippen molar-refractivity contribution >= 4 is 17.7 Å². The number of nitrogens with one attached hydrogen (secondary N) is 1. The molecule has 0 aromatic carbocycles. The number of nitrogens with zero attached hydrogens (tertiary/aromatic N) is 4. The van der Waals surface area contributed by atoms with Crippen molar-refractivity contribution in [2.45, 2.75) is 46.2 Å². The summed E-state index contributed by atoms with van der Waals surface area (Å²) in [6.45, 7) is 5.18. The van der Waals surface area contributed by atoms with E-state index >= 15 is 0 Å². The summed E-state index contributed by atoms with van der Waals surface area (Å²) >= 11 is 0. The van der Waals surface area contributed by atoms with Crippen LogP contribution in [0.3, 0.4) is 0 Å². The Morgan fingerprint density at radius 1 is 1.26 bits per heavy atom. The Balaban J connectivity index is 2.08. The van der Waals surface area contributed by atoms with E-state index in [0.29, 0.717) is 17.0 Å². The van der Waals surface area contributed by atoms with Gasteiger partial charge in [-0.3, -0.25) is 9.59 Å². The molecule has 0 fully saturated rings. The molecular weight excluding hydrogens is 367 g/mol. The SMILES string of the molecule is Cc1nc2nc(C(F)(F)F)nn2c(C)c1CCC(=O)NCC(C)CC(=O)O. The Kier molecular flexibility index (Phi) is 6.01. The number of aliphatic carboxylic acids is 1. The number of aromatic nitrogens is 4. The number of hydrogen-bond acceptors (Lipinski definition) is 5. The van der Waals surface area contributed by atoms with E-state index in [0.717, 1.165) is 4.52 Å². The third-order valence-corrected chi connectivity index (χ3v) is 4.08. The number of amides is 1. The topological polar surface area (TPSA) is 109 Å². The minimum atomic E-state index is -4.67. The number of carbonyl (C=O) groups excluding carboxylic acids is 1. The van der Waals surface area contributed by atoms with Crippen LogP contribution in [0, 0.1) is 19.8 Å². The minimum absolute atomic E-state index is 0.0487. The molecular formula is C16H20F3N5O3. The van der Waals surface area contributed by atoms with Gasteiger partial charge in [-0.05, 0) is 31.7 Å². The van der Waals surface area contributed by atoms with Gasteiger partial charge in [-0.1, -0.05) is 6.92 Å². The Hall–Kier alpha value is -2.72. The van der Waals surface area contributed by atoms with E-state index in [-0.39, 0.29) is 43.4 Å². The molecule has 1 atom stereocenters. The van der Waals surface area contributed by atoms with Crippen LogP contribution in [0.2, 0.25) is 0 Å². The zero-order valence-electron chi connectivity index (χ0n) is 15.1. The number of fused-ring (bicyclic) bond motifs is 1. The molecule has 2 aromatic rings. The predicted molar refractivity (Wildman–Crippen MR) is 88.0 cm³/mol. The zero-order valence-corrected chi connectivity index (χ0v) is 15.1. The predicted octanol–water partition coefficient (Wildman–Crippen LogP) is 1.92. The fourth-order valence-corrected chi connectivity index (χ4v) is 2.68. The van der Waals surface area contributed by atoms with Crippen LogP contribution in [0.25, 0.3) is 5.78 Å². The molecule has 11 heteroatoms. The van der Waals surface area contributed by atoms with Crippen LogP contribution in [0.1, 0.15) is 42.5 Å². The zero-order chi connectivity index (χ0) is 20.4. The summed E-state index contributed by atoms with van der Waals surface area (Å²) in [4.78, 5) is 30.0. The number of rotatable bonds is 7. The first-order valence-electron chi connectivity index (χ1n) is 8.27. The van der Waals surface area contributed by atoms with Crippen LogP contribution in [-0.2, 0) is 22.2 Å². The molecule has 2 aromatic heterocycles. The second-order valence-electron chi connectivity index (χ2n) is 6.41. The van der Waals surface area contributed by atoms with E-state index in [9.17, 15) is 22.8 Å². The van der Waals surface area contributed by atoms with Crippen molar-refractivity contribution < 1.29 is 27.9 Å². The second kappa shape index (κ2) is 7.89. The van der Waals surface area contributed by atoms with Gasteiger partial charge in [-0.15, -0.1) is 5.10 Å². The van der Waals surface area contributed by atoms with Gasteiger partial charge in [0.05, 0.1) is 0 Å². The third kappa shape index (κ3) is 5.14. The smallest absolute Gasteiger partial charge is 0.453 e. The fourth-order valence-electron chi connectivity index (χ4n) is 2.68. The Morgan fingerprint density at radius 3 is 2.52 bits per heavy atom. The van der Waals surface area contributed by atoms with Crippen molar-refractivity contribution in [1.29, 1.82) is 0 Å². The van der Waals surface area contributed by atoms with E-state index in [1.165, 1.54) is 0 Å². The molecule has 2 heterocycles. The molecule has 1 unspecified atom stereocenters. The van der Waals surface area contributed by atoms with E-state index in [4.69, 9.17) is 5.11 Å². The summed E-state index contributed by atoms with van der Waals surface area (Å²) in [5, 5.41) is 14.8. The van der Waals surface area contributed by atoms with Crippen LogP contribution in [-0.4, -0.2) is 43.1 Å². The van der Waals surface area contributed by atoms with Gasteiger partial charge in [0.1, 0.15) is 0 Å². The van der Waals surface area contributed by atoms with Gasteiger partial charge in [0.25, 0.3) is 11.6 Å². The molecule has 0 bridgehead atoms. The van der Waals surface area contributed by atoms with E-state index in [2.05, 4.69) is 20.4 Å². The van der Waals surface area contributed by atoms with E-state index in [1.54, 1.807) is 20.8 Å². The van der Waals surface area contributed by atoms with Crippen molar-refractivity contribution in [3.63, 3.8) is 0 Å². The first kappa shape index (κ1) is 20.6. The van der Waals surface area contributed by atoms with Crippen molar-refractivity contribution in [2.24, 2.45) is 5.92 Å². The molecule has 0 saturated carbocycles. The van der Waals surface area contributed by atoms with Gasteiger partial charge >= 0.3 is 12.1 Å². The molecule has 27 heavy (non-hydrogen) atoms. The van der Waals surface area contributed by atoms with Gasteiger partial charge in [0.2, 0.25) is 5.91 Å². The van der Waals surface area contributed by atoms with Gasteiger partial charge < -0.3 is 10.4 Å². The molecule has 0 spiro atoms. The maximum absolute atomic E-state index is 12.8. The number of carboxylic acids is 1. The van der Waals surface area contributed by atoms with E-state index in [1.807, 2.05) is 0 Å². The number of alkyl halides is 3. The molecule has 2 N–H and O–H groups in total. The second-order valence-corrected chi connectivity index (χ2v) is 6.41. The highest BCUT2D eigenvalue weighted by Crippen LogP contribution is 2.27. The number of carboxylic acid groups (broad SMARTS) is 1. The normalized spacial score (nSPS) is 13.0. The van der Waals surface area contributed by atoms with Gasteiger partial charge in [-0.2, -0.15) is 18.2 Å². The first-order chi connectivity index (χ1) is 12.5. The van der Waals surface area contributed by atoms with Crippen molar-refractivity contribution in [3.05, 3.63) is 22.8 Å². The van der Waals surface area contributed by atoms with Crippen LogP contribution in [0.15, 0.2) is 0 Å².